The smallest absolute Gasteiger partial charge is 0.408 e. The minimum atomic E-state index is -3.31. The summed E-state index contributed by atoms with van der Waals surface area (Å²) in [6.07, 6.45) is 5.63. The highest BCUT2D eigenvalue weighted by atomic mass is 32.2. The Balaban J connectivity index is 1.37. The molecule has 0 bridgehead atoms. The van der Waals surface area contributed by atoms with Crippen molar-refractivity contribution >= 4 is 32.9 Å². The Labute approximate surface area is 204 Å². The zero-order chi connectivity index (χ0) is 24.8. The second-order valence-electron chi connectivity index (χ2n) is 8.92. The standard InChI is InChI=1S/C25H30N4O5S/c1-35(32,33)15-11-22(28-25(31)34-17-18-6-3-2-4-7-18)24(30)29-13-9-19(10-14-29)21-16-27-23-20(21)8-5-12-26-23/h2-8,12,16,19,22H,9-11,13-15,17H2,1H3,(H,26,27)(H,28,31). The van der Waals surface area contributed by atoms with Gasteiger partial charge in [0.05, 0.1) is 5.75 Å². The third-order valence-corrected chi connectivity index (χ3v) is 7.29. The predicted octanol–water partition coefficient (Wildman–Crippen LogP) is 3.00. The summed E-state index contributed by atoms with van der Waals surface area (Å²) in [7, 11) is -3.31. The van der Waals surface area contributed by atoms with Crippen LogP contribution in [0.25, 0.3) is 11.0 Å². The molecule has 3 aromatic rings. The average Bonchev–Trinajstić information content (AvgIpc) is 3.29. The van der Waals surface area contributed by atoms with Gasteiger partial charge in [-0.1, -0.05) is 30.3 Å². The van der Waals surface area contributed by atoms with Crippen LogP contribution in [0, 0.1) is 0 Å². The lowest BCUT2D eigenvalue weighted by atomic mass is 9.89. The molecular formula is C25H30N4O5S. The number of hydrogen-bond donors (Lipinski definition) is 2. The molecule has 0 spiro atoms. The van der Waals surface area contributed by atoms with Crippen molar-refractivity contribution in [2.75, 3.05) is 25.1 Å². The van der Waals surface area contributed by atoms with Crippen LogP contribution in [-0.2, 0) is 26.0 Å². The first kappa shape index (κ1) is 24.7. The van der Waals surface area contributed by atoms with E-state index in [4.69, 9.17) is 4.74 Å². The van der Waals surface area contributed by atoms with Gasteiger partial charge in [-0.2, -0.15) is 0 Å². The molecule has 0 saturated carbocycles. The lowest BCUT2D eigenvalue weighted by Crippen LogP contribution is -2.51. The monoisotopic (exact) mass is 498 g/mol. The molecular weight excluding hydrogens is 468 g/mol. The van der Waals surface area contributed by atoms with E-state index in [1.54, 1.807) is 11.1 Å². The van der Waals surface area contributed by atoms with Gasteiger partial charge in [0.2, 0.25) is 5.91 Å². The summed E-state index contributed by atoms with van der Waals surface area (Å²) in [6.45, 7) is 1.10. The van der Waals surface area contributed by atoms with E-state index in [1.807, 2.05) is 48.7 Å². The Kier molecular flexibility index (Phi) is 7.70. The van der Waals surface area contributed by atoms with Crippen molar-refractivity contribution in [1.29, 1.82) is 0 Å². The number of pyridine rings is 1. The zero-order valence-electron chi connectivity index (χ0n) is 19.6. The molecule has 1 atom stereocenters. The van der Waals surface area contributed by atoms with Crippen LogP contribution in [0.3, 0.4) is 0 Å². The number of aromatic amines is 1. The van der Waals surface area contributed by atoms with Gasteiger partial charge in [0.1, 0.15) is 28.1 Å². The molecule has 1 aliphatic rings. The number of sulfone groups is 1. The number of carbonyl (C=O) groups is 2. The topological polar surface area (TPSA) is 121 Å². The van der Waals surface area contributed by atoms with Crippen molar-refractivity contribution in [1.82, 2.24) is 20.2 Å². The number of fused-ring (bicyclic) bond motifs is 1. The highest BCUT2D eigenvalue weighted by Crippen LogP contribution is 2.32. The number of hydrogen-bond acceptors (Lipinski definition) is 6. The molecule has 1 unspecified atom stereocenters. The van der Waals surface area contributed by atoms with E-state index in [-0.39, 0.29) is 30.6 Å². The van der Waals surface area contributed by atoms with Gasteiger partial charge in [-0.3, -0.25) is 4.79 Å². The summed E-state index contributed by atoms with van der Waals surface area (Å²) < 4.78 is 28.7. The van der Waals surface area contributed by atoms with Crippen LogP contribution in [0.1, 0.15) is 36.3 Å². The Bertz CT molecular complexity index is 1270. The van der Waals surface area contributed by atoms with Gasteiger partial charge >= 0.3 is 6.09 Å². The molecule has 1 aliphatic heterocycles. The van der Waals surface area contributed by atoms with E-state index in [0.29, 0.717) is 13.1 Å². The minimum absolute atomic E-state index is 0.00779. The Morgan fingerprint density at radius 2 is 1.91 bits per heavy atom. The number of likely N-dealkylation sites (tertiary alicyclic amines) is 1. The maximum atomic E-state index is 13.3. The molecule has 0 radical (unpaired) electrons. The van der Waals surface area contributed by atoms with Crippen molar-refractivity contribution in [2.24, 2.45) is 0 Å². The van der Waals surface area contributed by atoms with Crippen LogP contribution < -0.4 is 5.32 Å². The summed E-state index contributed by atoms with van der Waals surface area (Å²) in [5.41, 5.74) is 2.85. The number of carbonyl (C=O) groups excluding carboxylic acids is 2. The van der Waals surface area contributed by atoms with Crippen molar-refractivity contribution in [3.05, 3.63) is 66.0 Å². The molecule has 3 heterocycles. The molecule has 2 amide bonds. The van der Waals surface area contributed by atoms with E-state index in [0.717, 1.165) is 35.7 Å². The number of alkyl carbamates (subject to hydrolysis) is 1. The van der Waals surface area contributed by atoms with Crippen molar-refractivity contribution < 1.29 is 22.7 Å². The van der Waals surface area contributed by atoms with E-state index in [9.17, 15) is 18.0 Å². The summed E-state index contributed by atoms with van der Waals surface area (Å²) in [6, 6.07) is 12.2. The van der Waals surface area contributed by atoms with Gasteiger partial charge in [-0.15, -0.1) is 0 Å². The highest BCUT2D eigenvalue weighted by Gasteiger charge is 2.31. The maximum absolute atomic E-state index is 13.3. The van der Waals surface area contributed by atoms with Crippen molar-refractivity contribution in [3.63, 3.8) is 0 Å². The Hall–Kier alpha value is -3.40. The summed E-state index contributed by atoms with van der Waals surface area (Å²) in [4.78, 5) is 34.9. The third kappa shape index (κ3) is 6.60. The highest BCUT2D eigenvalue weighted by molar-refractivity contribution is 7.90. The molecule has 1 aromatic carbocycles. The number of nitrogens with one attached hydrogen (secondary N) is 2. The second kappa shape index (κ2) is 10.9. The fraction of sp³-hybridized carbons (Fsp3) is 0.400. The SMILES string of the molecule is CS(=O)(=O)CCC(NC(=O)OCc1ccccc1)C(=O)N1CCC(c2c[nH]c3ncccc23)CC1. The number of benzene rings is 1. The lowest BCUT2D eigenvalue weighted by molar-refractivity contribution is -0.134. The molecule has 2 aromatic heterocycles. The Morgan fingerprint density at radius 1 is 1.17 bits per heavy atom. The van der Waals surface area contributed by atoms with E-state index >= 15 is 0 Å². The molecule has 2 N–H and O–H groups in total. The predicted molar refractivity (Wildman–Crippen MR) is 133 cm³/mol. The number of piperidine rings is 1. The number of rotatable bonds is 8. The van der Waals surface area contributed by atoms with Crippen LogP contribution in [0.5, 0.6) is 0 Å². The fourth-order valence-electron chi connectivity index (χ4n) is 4.44. The number of nitrogens with zero attached hydrogens (tertiary/aromatic N) is 2. The largest absolute Gasteiger partial charge is 0.445 e. The lowest BCUT2D eigenvalue weighted by Gasteiger charge is -2.34. The summed E-state index contributed by atoms with van der Waals surface area (Å²) in [5, 5.41) is 3.68. The van der Waals surface area contributed by atoms with Crippen LogP contribution >= 0.6 is 0 Å². The van der Waals surface area contributed by atoms with Crippen LogP contribution in [0.2, 0.25) is 0 Å². The maximum Gasteiger partial charge on any atom is 0.408 e. The molecule has 35 heavy (non-hydrogen) atoms. The van der Waals surface area contributed by atoms with Gasteiger partial charge in [0, 0.05) is 37.1 Å². The molecule has 186 valence electrons. The number of aromatic nitrogens is 2. The van der Waals surface area contributed by atoms with Crippen LogP contribution in [0.15, 0.2) is 54.9 Å². The van der Waals surface area contributed by atoms with E-state index < -0.39 is 22.0 Å². The van der Waals surface area contributed by atoms with Gasteiger partial charge in [0.25, 0.3) is 0 Å². The first-order valence-corrected chi connectivity index (χ1v) is 13.7. The molecule has 4 rings (SSSR count). The fourth-order valence-corrected chi connectivity index (χ4v) is 5.11. The van der Waals surface area contributed by atoms with Crippen molar-refractivity contribution in [3.8, 4) is 0 Å². The van der Waals surface area contributed by atoms with Gasteiger partial charge in [0.15, 0.2) is 0 Å². The molecule has 9 nitrogen and oxygen atoms in total. The van der Waals surface area contributed by atoms with Crippen LogP contribution in [0.4, 0.5) is 4.79 Å². The third-order valence-electron chi connectivity index (χ3n) is 6.31. The first-order valence-electron chi connectivity index (χ1n) is 11.7. The number of amides is 2. The van der Waals surface area contributed by atoms with Gasteiger partial charge < -0.3 is 19.9 Å². The molecule has 0 aliphatic carbocycles. The molecule has 1 saturated heterocycles. The van der Waals surface area contributed by atoms with Crippen LogP contribution in [-0.4, -0.2) is 66.4 Å². The summed E-state index contributed by atoms with van der Waals surface area (Å²) in [5.74, 6) is -0.208. The van der Waals surface area contributed by atoms with Gasteiger partial charge in [-0.05, 0) is 48.4 Å². The molecule has 10 heteroatoms. The zero-order valence-corrected chi connectivity index (χ0v) is 20.5. The normalized spacial score (nSPS) is 15.6. The molecule has 1 fully saturated rings. The van der Waals surface area contributed by atoms with E-state index in [1.165, 1.54) is 5.56 Å². The Morgan fingerprint density at radius 3 is 2.63 bits per heavy atom. The van der Waals surface area contributed by atoms with E-state index in [2.05, 4.69) is 15.3 Å². The number of H-pyrrole nitrogens is 1. The summed E-state index contributed by atoms with van der Waals surface area (Å²) >= 11 is 0. The second-order valence-corrected chi connectivity index (χ2v) is 11.2. The minimum Gasteiger partial charge on any atom is -0.445 e. The van der Waals surface area contributed by atoms with Gasteiger partial charge in [-0.25, -0.2) is 18.2 Å². The quantitative estimate of drug-likeness (QED) is 0.492. The van der Waals surface area contributed by atoms with Crippen molar-refractivity contribution in [2.45, 2.75) is 37.8 Å². The first-order chi connectivity index (χ1) is 16.8. The average molecular weight is 499 g/mol. The number of ether oxygens (including phenoxy) is 1.